The van der Waals surface area contributed by atoms with Crippen molar-refractivity contribution in [2.24, 2.45) is 0 Å². The molecule has 0 saturated heterocycles. The molecule has 1 aromatic carbocycles. The van der Waals surface area contributed by atoms with E-state index in [4.69, 9.17) is 0 Å². The van der Waals surface area contributed by atoms with E-state index in [0.717, 1.165) is 11.8 Å². The topological polar surface area (TPSA) is 0 Å². The average molecular weight is 297 g/mol. The molecule has 17 heavy (non-hydrogen) atoms. The summed E-state index contributed by atoms with van der Waals surface area (Å²) in [5, 5.41) is 1.07. The van der Waals surface area contributed by atoms with Crippen molar-refractivity contribution in [1.29, 1.82) is 0 Å². The number of unbranched alkanes of at least 4 members (excludes halogenated alkanes) is 5. The van der Waals surface area contributed by atoms with E-state index in [9.17, 15) is 0 Å². The van der Waals surface area contributed by atoms with Crippen LogP contribution in [0.5, 0.6) is 0 Å². The van der Waals surface area contributed by atoms with Crippen LogP contribution >= 0.6 is 15.9 Å². The summed E-state index contributed by atoms with van der Waals surface area (Å²) in [7, 11) is 0. The van der Waals surface area contributed by atoms with Crippen molar-refractivity contribution in [3.05, 3.63) is 35.4 Å². The monoisotopic (exact) mass is 296 g/mol. The molecule has 0 aromatic heterocycles. The lowest BCUT2D eigenvalue weighted by Gasteiger charge is -2.08. The fourth-order valence-electron chi connectivity index (χ4n) is 2.24. The Hall–Kier alpha value is -0.300. The van der Waals surface area contributed by atoms with Crippen LogP contribution in [0, 0.1) is 0 Å². The summed E-state index contributed by atoms with van der Waals surface area (Å²) in [5.41, 5.74) is 3.08. The van der Waals surface area contributed by atoms with Crippen LogP contribution in [-0.2, 0) is 12.8 Å². The zero-order valence-corrected chi connectivity index (χ0v) is 12.6. The highest BCUT2D eigenvalue weighted by atomic mass is 79.9. The molecule has 96 valence electrons. The van der Waals surface area contributed by atoms with Gasteiger partial charge in [0.25, 0.3) is 0 Å². The van der Waals surface area contributed by atoms with Gasteiger partial charge in [-0.25, -0.2) is 0 Å². The van der Waals surface area contributed by atoms with E-state index in [0.29, 0.717) is 0 Å². The van der Waals surface area contributed by atoms with E-state index < -0.39 is 0 Å². The Labute approximate surface area is 115 Å². The molecule has 0 aliphatic heterocycles. The predicted octanol–water partition coefficient (Wildman–Crippen LogP) is 5.53. The average Bonchev–Trinajstić information content (AvgIpc) is 2.36. The molecule has 1 heteroatoms. The van der Waals surface area contributed by atoms with Gasteiger partial charge in [-0.2, -0.15) is 0 Å². The number of aryl methyl sites for hydroxylation is 2. The third-order valence-electron chi connectivity index (χ3n) is 3.28. The summed E-state index contributed by atoms with van der Waals surface area (Å²) in [6.07, 6.45) is 10.7. The highest BCUT2D eigenvalue weighted by molar-refractivity contribution is 9.09. The van der Waals surface area contributed by atoms with Crippen LogP contribution in [0.1, 0.15) is 56.6 Å². The molecule has 0 atom stereocenters. The Morgan fingerprint density at radius 2 is 1.41 bits per heavy atom. The minimum atomic E-state index is 1.07. The number of alkyl halides is 1. The van der Waals surface area contributed by atoms with E-state index >= 15 is 0 Å². The lowest BCUT2D eigenvalue weighted by atomic mass is 9.99. The lowest BCUT2D eigenvalue weighted by molar-refractivity contribution is 0.606. The molecule has 0 unspecified atom stereocenters. The summed E-state index contributed by atoms with van der Waals surface area (Å²) in [5.74, 6) is 0. The highest BCUT2D eigenvalue weighted by Gasteiger charge is 2.00. The van der Waals surface area contributed by atoms with E-state index in [1.54, 1.807) is 5.56 Å². The number of hydrogen-bond donors (Lipinski definition) is 0. The van der Waals surface area contributed by atoms with Crippen molar-refractivity contribution in [3.8, 4) is 0 Å². The molecular weight excluding hydrogens is 272 g/mol. The van der Waals surface area contributed by atoms with Gasteiger partial charge in [0.15, 0.2) is 0 Å². The van der Waals surface area contributed by atoms with Crippen LogP contribution in [0.4, 0.5) is 0 Å². The second kappa shape index (κ2) is 9.70. The zero-order chi connectivity index (χ0) is 12.3. The second-order valence-electron chi connectivity index (χ2n) is 4.73. The van der Waals surface area contributed by atoms with Gasteiger partial charge in [-0.1, -0.05) is 79.2 Å². The maximum absolute atomic E-state index is 3.53. The third kappa shape index (κ3) is 6.26. The standard InChI is InChI=1S/C16H25Br/c1-2-3-4-5-6-7-10-15-11-8-9-12-16(15)13-14-17/h8-9,11-12H,2-7,10,13-14H2,1H3. The van der Waals surface area contributed by atoms with E-state index in [1.165, 1.54) is 50.5 Å². The fourth-order valence-corrected chi connectivity index (χ4v) is 2.67. The summed E-state index contributed by atoms with van der Waals surface area (Å²) in [6, 6.07) is 8.89. The van der Waals surface area contributed by atoms with Gasteiger partial charge in [0.05, 0.1) is 0 Å². The molecule has 0 saturated carbocycles. The van der Waals surface area contributed by atoms with Gasteiger partial charge in [0.1, 0.15) is 0 Å². The molecule has 0 N–H and O–H groups in total. The molecule has 0 bridgehead atoms. The molecule has 0 amide bonds. The largest absolute Gasteiger partial charge is 0.0924 e. The molecule has 0 fully saturated rings. The van der Waals surface area contributed by atoms with Gasteiger partial charge in [0, 0.05) is 5.33 Å². The molecule has 0 heterocycles. The van der Waals surface area contributed by atoms with Crippen LogP contribution in [0.25, 0.3) is 0 Å². The maximum atomic E-state index is 3.53. The Kier molecular flexibility index (Phi) is 8.42. The molecule has 1 rings (SSSR count). The molecule has 0 aliphatic rings. The quantitative estimate of drug-likeness (QED) is 0.415. The first kappa shape index (κ1) is 14.8. The summed E-state index contributed by atoms with van der Waals surface area (Å²) in [4.78, 5) is 0. The molecule has 0 spiro atoms. The van der Waals surface area contributed by atoms with Gasteiger partial charge in [0.2, 0.25) is 0 Å². The number of benzene rings is 1. The van der Waals surface area contributed by atoms with Crippen LogP contribution < -0.4 is 0 Å². The molecular formula is C16H25Br. The number of rotatable bonds is 9. The first-order valence-electron chi connectivity index (χ1n) is 7.01. The Morgan fingerprint density at radius 1 is 0.824 bits per heavy atom. The normalized spacial score (nSPS) is 10.7. The van der Waals surface area contributed by atoms with Gasteiger partial charge in [-0.15, -0.1) is 0 Å². The first-order valence-corrected chi connectivity index (χ1v) is 8.13. The second-order valence-corrected chi connectivity index (χ2v) is 5.52. The molecule has 1 aromatic rings. The lowest BCUT2D eigenvalue weighted by Crippen LogP contribution is -1.95. The minimum Gasteiger partial charge on any atom is -0.0924 e. The van der Waals surface area contributed by atoms with Crippen molar-refractivity contribution < 1.29 is 0 Å². The van der Waals surface area contributed by atoms with E-state index in [-0.39, 0.29) is 0 Å². The Bertz CT molecular complexity index is 293. The summed E-state index contributed by atoms with van der Waals surface area (Å²) >= 11 is 3.53. The van der Waals surface area contributed by atoms with E-state index in [1.807, 2.05) is 0 Å². The molecule has 0 radical (unpaired) electrons. The van der Waals surface area contributed by atoms with Crippen molar-refractivity contribution in [3.63, 3.8) is 0 Å². The van der Waals surface area contributed by atoms with Gasteiger partial charge >= 0.3 is 0 Å². The zero-order valence-electron chi connectivity index (χ0n) is 11.1. The fraction of sp³-hybridized carbons (Fsp3) is 0.625. The van der Waals surface area contributed by atoms with Crippen molar-refractivity contribution in [1.82, 2.24) is 0 Å². The predicted molar refractivity (Wildman–Crippen MR) is 81.0 cm³/mol. The van der Waals surface area contributed by atoms with Gasteiger partial charge in [-0.3, -0.25) is 0 Å². The van der Waals surface area contributed by atoms with Crippen molar-refractivity contribution in [2.75, 3.05) is 5.33 Å². The van der Waals surface area contributed by atoms with E-state index in [2.05, 4.69) is 47.1 Å². The van der Waals surface area contributed by atoms with Crippen molar-refractivity contribution >= 4 is 15.9 Å². The third-order valence-corrected chi connectivity index (χ3v) is 3.68. The van der Waals surface area contributed by atoms with Crippen LogP contribution in [0.3, 0.4) is 0 Å². The Balaban J connectivity index is 2.25. The summed E-state index contributed by atoms with van der Waals surface area (Å²) < 4.78 is 0. The SMILES string of the molecule is CCCCCCCCc1ccccc1CCBr. The van der Waals surface area contributed by atoms with Crippen molar-refractivity contribution in [2.45, 2.75) is 58.3 Å². The maximum Gasteiger partial charge on any atom is 0.00719 e. The van der Waals surface area contributed by atoms with Crippen LogP contribution in [0.15, 0.2) is 24.3 Å². The Morgan fingerprint density at radius 3 is 2.06 bits per heavy atom. The van der Waals surface area contributed by atoms with Crippen LogP contribution in [-0.4, -0.2) is 5.33 Å². The number of halogens is 1. The highest BCUT2D eigenvalue weighted by Crippen LogP contribution is 2.15. The minimum absolute atomic E-state index is 1.07. The molecule has 0 aliphatic carbocycles. The summed E-state index contributed by atoms with van der Waals surface area (Å²) in [6.45, 7) is 2.27. The smallest absolute Gasteiger partial charge is 0.00719 e. The van der Waals surface area contributed by atoms with Gasteiger partial charge < -0.3 is 0 Å². The molecule has 0 nitrogen and oxygen atoms in total. The van der Waals surface area contributed by atoms with Crippen LogP contribution in [0.2, 0.25) is 0 Å². The first-order chi connectivity index (χ1) is 8.38. The van der Waals surface area contributed by atoms with Gasteiger partial charge in [-0.05, 0) is 30.4 Å². The number of hydrogen-bond acceptors (Lipinski definition) is 0.